The summed E-state index contributed by atoms with van der Waals surface area (Å²) in [7, 11) is 0. The van der Waals surface area contributed by atoms with Gasteiger partial charge >= 0.3 is 5.69 Å². The molecule has 116 valence electrons. The molecule has 3 N–H and O–H groups in total. The largest absolute Gasteiger partial charge is 0.504 e. The fraction of sp³-hybridized carbons (Fsp3) is 0. The van der Waals surface area contributed by atoms with Crippen molar-refractivity contribution in [2.45, 2.75) is 0 Å². The normalized spacial score (nSPS) is 10.8. The van der Waals surface area contributed by atoms with E-state index < -0.39 is 28.0 Å². The zero-order chi connectivity index (χ0) is 17.0. The van der Waals surface area contributed by atoms with Crippen LogP contribution in [0.3, 0.4) is 0 Å². The van der Waals surface area contributed by atoms with Crippen LogP contribution in [0.25, 0.3) is 6.08 Å². The maximum Gasteiger partial charge on any atom is 0.315 e. The van der Waals surface area contributed by atoms with Gasteiger partial charge in [0.25, 0.3) is 5.91 Å². The van der Waals surface area contributed by atoms with Crippen LogP contribution >= 0.6 is 11.3 Å². The van der Waals surface area contributed by atoms with Gasteiger partial charge in [-0.2, -0.15) is 5.26 Å². The highest BCUT2D eigenvalue weighted by atomic mass is 32.1. The SMILES string of the molecule is N#C/C(=C\c1cc(O)c(O)c([N+](=O)[O-])c1)C(=O)Nc1nncs1. The number of nitriles is 1. The molecule has 0 unspecified atom stereocenters. The predicted molar refractivity (Wildman–Crippen MR) is 78.6 cm³/mol. The topological polar surface area (TPSA) is 162 Å². The number of nitrogens with zero attached hydrogens (tertiary/aromatic N) is 4. The van der Waals surface area contributed by atoms with E-state index in [-0.39, 0.29) is 16.3 Å². The van der Waals surface area contributed by atoms with Crippen LogP contribution < -0.4 is 5.32 Å². The third-order valence-electron chi connectivity index (χ3n) is 2.55. The average Bonchev–Trinajstić information content (AvgIpc) is 3.00. The third kappa shape index (κ3) is 3.57. The number of hydrogen-bond donors (Lipinski definition) is 3. The first kappa shape index (κ1) is 15.9. The first-order chi connectivity index (χ1) is 10.9. The van der Waals surface area contributed by atoms with Crippen molar-refractivity contribution in [1.82, 2.24) is 10.2 Å². The predicted octanol–water partition coefficient (Wildman–Crippen LogP) is 1.40. The zero-order valence-electron chi connectivity index (χ0n) is 11.1. The molecule has 11 heteroatoms. The number of amides is 1. The van der Waals surface area contributed by atoms with Gasteiger partial charge in [0.05, 0.1) is 4.92 Å². The molecule has 0 fully saturated rings. The van der Waals surface area contributed by atoms with Gasteiger partial charge in [0, 0.05) is 6.07 Å². The van der Waals surface area contributed by atoms with Gasteiger partial charge in [-0.25, -0.2) is 0 Å². The minimum absolute atomic E-state index is 0.00374. The second kappa shape index (κ2) is 6.50. The van der Waals surface area contributed by atoms with Crippen molar-refractivity contribution in [2.24, 2.45) is 0 Å². The van der Waals surface area contributed by atoms with Gasteiger partial charge in [0.1, 0.15) is 17.2 Å². The van der Waals surface area contributed by atoms with Crippen LogP contribution in [0.4, 0.5) is 10.8 Å². The first-order valence-electron chi connectivity index (χ1n) is 5.82. The van der Waals surface area contributed by atoms with Crippen LogP contribution in [-0.4, -0.2) is 31.2 Å². The number of hydrogen-bond acceptors (Lipinski definition) is 9. The Morgan fingerprint density at radius 1 is 1.48 bits per heavy atom. The second-order valence-electron chi connectivity index (χ2n) is 4.03. The van der Waals surface area contributed by atoms with Gasteiger partial charge in [0.15, 0.2) is 5.75 Å². The summed E-state index contributed by atoms with van der Waals surface area (Å²) >= 11 is 1.04. The van der Waals surface area contributed by atoms with E-state index in [1.807, 2.05) is 0 Å². The Labute approximate surface area is 132 Å². The lowest BCUT2D eigenvalue weighted by Crippen LogP contribution is -2.13. The van der Waals surface area contributed by atoms with E-state index in [0.29, 0.717) is 0 Å². The molecule has 1 aromatic heterocycles. The van der Waals surface area contributed by atoms with E-state index in [1.165, 1.54) is 5.51 Å². The van der Waals surface area contributed by atoms with Crippen LogP contribution in [0.15, 0.2) is 23.2 Å². The summed E-state index contributed by atoms with van der Waals surface area (Å²) in [5.74, 6) is -2.43. The van der Waals surface area contributed by atoms with Crippen LogP contribution in [0.1, 0.15) is 5.56 Å². The van der Waals surface area contributed by atoms with Crippen LogP contribution in [-0.2, 0) is 4.79 Å². The van der Waals surface area contributed by atoms with Crippen molar-refractivity contribution in [3.05, 3.63) is 38.9 Å². The number of anilines is 1. The van der Waals surface area contributed by atoms with E-state index in [9.17, 15) is 25.1 Å². The molecule has 0 aliphatic heterocycles. The monoisotopic (exact) mass is 333 g/mol. The summed E-state index contributed by atoms with van der Waals surface area (Å²) in [6.07, 6.45) is 1.03. The Kier molecular flexibility index (Phi) is 4.48. The van der Waals surface area contributed by atoms with Crippen molar-refractivity contribution in [2.75, 3.05) is 5.32 Å². The molecule has 10 nitrogen and oxygen atoms in total. The summed E-state index contributed by atoms with van der Waals surface area (Å²) in [5, 5.41) is 48.3. The molecular weight excluding hydrogens is 326 g/mol. The molecule has 0 aliphatic rings. The number of nitro groups is 1. The van der Waals surface area contributed by atoms with E-state index in [0.717, 1.165) is 29.5 Å². The lowest BCUT2D eigenvalue weighted by Gasteiger charge is -2.03. The average molecular weight is 333 g/mol. The smallest absolute Gasteiger partial charge is 0.315 e. The van der Waals surface area contributed by atoms with Crippen LogP contribution in [0, 0.1) is 21.4 Å². The van der Waals surface area contributed by atoms with Crippen molar-refractivity contribution in [3.8, 4) is 17.6 Å². The highest BCUT2D eigenvalue weighted by Crippen LogP contribution is 2.36. The molecule has 1 amide bonds. The van der Waals surface area contributed by atoms with E-state index >= 15 is 0 Å². The molecule has 0 saturated carbocycles. The standard InChI is InChI=1S/C12H7N5O5S/c13-4-7(11(20)15-12-16-14-5-23-12)1-6-2-8(17(21)22)10(19)9(18)3-6/h1-3,5,18-19H,(H,15,16,20)/b7-1+. The molecule has 0 bridgehead atoms. The Morgan fingerprint density at radius 3 is 2.78 bits per heavy atom. The number of nitro benzene ring substituents is 1. The zero-order valence-corrected chi connectivity index (χ0v) is 11.9. The van der Waals surface area contributed by atoms with Gasteiger partial charge < -0.3 is 10.2 Å². The number of carbonyl (C=O) groups is 1. The number of aromatic hydroxyl groups is 2. The Bertz CT molecular complexity index is 840. The Morgan fingerprint density at radius 2 is 2.22 bits per heavy atom. The summed E-state index contributed by atoms with van der Waals surface area (Å²) in [5.41, 5.74) is 0.251. The van der Waals surface area contributed by atoms with Crippen molar-refractivity contribution in [1.29, 1.82) is 5.26 Å². The first-order valence-corrected chi connectivity index (χ1v) is 6.70. The highest BCUT2D eigenvalue weighted by Gasteiger charge is 2.19. The van der Waals surface area contributed by atoms with Crippen molar-refractivity contribution >= 4 is 34.1 Å². The van der Waals surface area contributed by atoms with Gasteiger partial charge in [-0.3, -0.25) is 20.2 Å². The number of phenols is 2. The summed E-state index contributed by atoms with van der Waals surface area (Å²) < 4.78 is 0. The number of carbonyl (C=O) groups excluding carboxylic acids is 1. The molecule has 2 rings (SSSR count). The second-order valence-corrected chi connectivity index (χ2v) is 4.87. The van der Waals surface area contributed by atoms with Gasteiger partial charge in [0.2, 0.25) is 10.9 Å². The number of benzene rings is 1. The summed E-state index contributed by atoms with van der Waals surface area (Å²) in [6, 6.07) is 3.54. The Hall–Kier alpha value is -3.52. The number of nitrogens with one attached hydrogen (secondary N) is 1. The fourth-order valence-electron chi connectivity index (χ4n) is 1.56. The third-order valence-corrected chi connectivity index (χ3v) is 3.15. The van der Waals surface area contributed by atoms with Gasteiger partial charge in [-0.15, -0.1) is 10.2 Å². The maximum atomic E-state index is 11.9. The molecule has 0 aliphatic carbocycles. The molecule has 2 aromatic rings. The molecule has 0 saturated heterocycles. The molecule has 0 radical (unpaired) electrons. The van der Waals surface area contributed by atoms with E-state index in [1.54, 1.807) is 6.07 Å². The molecular formula is C12H7N5O5S. The molecule has 1 heterocycles. The van der Waals surface area contributed by atoms with E-state index in [4.69, 9.17) is 5.26 Å². The summed E-state index contributed by atoms with van der Waals surface area (Å²) in [4.78, 5) is 21.8. The van der Waals surface area contributed by atoms with Crippen LogP contribution in [0.5, 0.6) is 11.5 Å². The number of phenolic OH excluding ortho intramolecular Hbond substituents is 2. The maximum absolute atomic E-state index is 11.9. The number of aromatic nitrogens is 2. The van der Waals surface area contributed by atoms with Crippen molar-refractivity contribution in [3.63, 3.8) is 0 Å². The lowest BCUT2D eigenvalue weighted by atomic mass is 10.1. The van der Waals surface area contributed by atoms with Crippen molar-refractivity contribution < 1.29 is 19.9 Å². The van der Waals surface area contributed by atoms with Crippen LogP contribution in [0.2, 0.25) is 0 Å². The lowest BCUT2D eigenvalue weighted by molar-refractivity contribution is -0.386. The molecule has 0 spiro atoms. The van der Waals surface area contributed by atoms with Gasteiger partial charge in [-0.1, -0.05) is 11.3 Å². The minimum atomic E-state index is -0.903. The quantitative estimate of drug-likeness (QED) is 0.248. The Balaban J connectivity index is 2.36. The highest BCUT2D eigenvalue weighted by molar-refractivity contribution is 7.13. The summed E-state index contributed by atoms with van der Waals surface area (Å²) in [6.45, 7) is 0. The molecule has 23 heavy (non-hydrogen) atoms. The molecule has 1 aromatic carbocycles. The minimum Gasteiger partial charge on any atom is -0.504 e. The fourth-order valence-corrected chi connectivity index (χ4v) is 2.00. The van der Waals surface area contributed by atoms with E-state index in [2.05, 4.69) is 15.5 Å². The number of rotatable bonds is 4. The van der Waals surface area contributed by atoms with Gasteiger partial charge in [-0.05, 0) is 17.7 Å². The molecule has 0 atom stereocenters.